The number of nitrogens with zero attached hydrogens (tertiary/aromatic N) is 3. The molecule has 0 aromatic heterocycles. The lowest BCUT2D eigenvalue weighted by Gasteiger charge is -2.28. The maximum atomic E-state index is 12.3. The van der Waals surface area contributed by atoms with Crippen LogP contribution in [0.1, 0.15) is 13.8 Å². The quantitative estimate of drug-likeness (QED) is 0.486. The minimum atomic E-state index is -3.45. The molecular formula is C9H22N5O2P. The lowest BCUT2D eigenvalue weighted by molar-refractivity contribution is 0.330. The van der Waals surface area contributed by atoms with Crippen molar-refractivity contribution < 1.29 is 9.46 Å². The van der Waals surface area contributed by atoms with Gasteiger partial charge >= 0.3 is 7.52 Å². The second-order valence-corrected chi connectivity index (χ2v) is 7.31. The lowest BCUT2D eigenvalue weighted by atomic mass is 10.3. The molecule has 1 rings (SSSR count). The Morgan fingerprint density at radius 2 is 1.82 bits per heavy atom. The summed E-state index contributed by atoms with van der Waals surface area (Å²) in [5.41, 5.74) is 0. The Labute approximate surface area is 102 Å². The van der Waals surface area contributed by atoms with Gasteiger partial charge in [0.25, 0.3) is 0 Å². The Bertz CT molecular complexity index is 366. The van der Waals surface area contributed by atoms with Crippen LogP contribution in [0.3, 0.4) is 0 Å². The molecule has 7 nitrogen and oxygen atoms in total. The molecule has 0 amide bonds. The molecule has 0 aliphatic carbocycles. The highest BCUT2D eigenvalue weighted by molar-refractivity contribution is 7.58. The highest BCUT2D eigenvalue weighted by Gasteiger charge is 2.55. The van der Waals surface area contributed by atoms with Crippen molar-refractivity contribution in [1.29, 1.82) is 0 Å². The molecule has 0 aromatic rings. The monoisotopic (exact) mass is 263 g/mol. The van der Waals surface area contributed by atoms with E-state index >= 15 is 0 Å². The third-order valence-electron chi connectivity index (χ3n) is 3.32. The van der Waals surface area contributed by atoms with E-state index in [1.807, 2.05) is 0 Å². The summed E-state index contributed by atoms with van der Waals surface area (Å²) in [7, 11) is 3.44. The van der Waals surface area contributed by atoms with Gasteiger partial charge in [0.05, 0.1) is 0 Å². The first-order valence-electron chi connectivity index (χ1n) is 5.43. The maximum absolute atomic E-state index is 12.3. The Kier molecular flexibility index (Phi) is 3.88. The van der Waals surface area contributed by atoms with Crippen LogP contribution in [0.5, 0.6) is 0 Å². The van der Waals surface area contributed by atoms with Gasteiger partial charge in [-0.3, -0.25) is 19.9 Å². The molecule has 8 heteroatoms. The first-order valence-corrected chi connectivity index (χ1v) is 7.04. The summed E-state index contributed by atoms with van der Waals surface area (Å²) in [5, 5.41) is 5.06. The number of aliphatic imine (C=N–C) groups is 1. The number of hydrogen-bond acceptors (Lipinski definition) is 4. The summed E-state index contributed by atoms with van der Waals surface area (Å²) in [5.74, 6) is 0.495. The highest BCUT2D eigenvalue weighted by Crippen LogP contribution is 2.62. The largest absolute Gasteiger partial charge is 0.329 e. The van der Waals surface area contributed by atoms with Gasteiger partial charge in [-0.2, -0.15) is 0 Å². The van der Waals surface area contributed by atoms with Crippen LogP contribution in [0.25, 0.3) is 0 Å². The van der Waals surface area contributed by atoms with Crippen LogP contribution >= 0.6 is 7.52 Å². The first kappa shape index (κ1) is 14.4. The predicted octanol–water partition coefficient (Wildman–Crippen LogP) is -0.136. The van der Waals surface area contributed by atoms with Crippen molar-refractivity contribution in [2.24, 2.45) is 4.99 Å². The number of hydrogen-bond donors (Lipinski definition) is 3. The summed E-state index contributed by atoms with van der Waals surface area (Å²) in [4.78, 5) is 16.2. The van der Waals surface area contributed by atoms with Crippen molar-refractivity contribution >= 4 is 13.5 Å². The summed E-state index contributed by atoms with van der Waals surface area (Å²) < 4.78 is 13.7. The minimum absolute atomic E-state index is 0.288. The van der Waals surface area contributed by atoms with E-state index in [-0.39, 0.29) is 6.29 Å². The molecule has 1 unspecified atom stereocenters. The average Bonchev–Trinajstić information content (AvgIpc) is 2.38. The number of nitrogens with one attached hydrogen (secondary N) is 2. The zero-order valence-electron chi connectivity index (χ0n) is 11.2. The lowest BCUT2D eigenvalue weighted by Crippen LogP contribution is -2.42. The summed E-state index contributed by atoms with van der Waals surface area (Å²) >= 11 is 0. The van der Waals surface area contributed by atoms with Crippen LogP contribution in [0.2, 0.25) is 0 Å². The number of guanidine groups is 1. The molecular weight excluding hydrogens is 241 g/mol. The molecule has 1 aliphatic rings. The SMILES string of the molecule is CNC(/N=C1\N(C)C(C)(C)P(=O)(O)N1C)NC. The molecule has 1 heterocycles. The van der Waals surface area contributed by atoms with E-state index in [0.717, 1.165) is 0 Å². The van der Waals surface area contributed by atoms with Gasteiger partial charge in [0.1, 0.15) is 5.28 Å². The fourth-order valence-electron chi connectivity index (χ4n) is 1.70. The Balaban J connectivity index is 3.17. The molecule has 100 valence electrons. The number of rotatable bonds is 3. The van der Waals surface area contributed by atoms with Crippen LogP contribution < -0.4 is 10.6 Å². The molecule has 0 bridgehead atoms. The summed E-state index contributed by atoms with van der Waals surface area (Å²) in [6, 6.07) is 0. The van der Waals surface area contributed by atoms with E-state index in [2.05, 4.69) is 15.6 Å². The zero-order chi connectivity index (χ0) is 13.4. The van der Waals surface area contributed by atoms with Crippen LogP contribution in [-0.4, -0.2) is 60.2 Å². The molecule has 1 fully saturated rings. The fraction of sp³-hybridized carbons (Fsp3) is 0.889. The molecule has 17 heavy (non-hydrogen) atoms. The van der Waals surface area contributed by atoms with E-state index in [0.29, 0.717) is 5.96 Å². The van der Waals surface area contributed by atoms with Crippen molar-refractivity contribution in [2.45, 2.75) is 25.4 Å². The van der Waals surface area contributed by atoms with Gasteiger partial charge in [0.15, 0.2) is 6.29 Å². The maximum Gasteiger partial charge on any atom is 0.320 e. The molecule has 3 N–H and O–H groups in total. The van der Waals surface area contributed by atoms with Crippen molar-refractivity contribution in [3.8, 4) is 0 Å². The molecule has 0 aromatic carbocycles. The highest BCUT2D eigenvalue weighted by atomic mass is 31.2. The molecule has 1 atom stereocenters. The summed E-state index contributed by atoms with van der Waals surface area (Å²) in [6.45, 7) is 3.47. The van der Waals surface area contributed by atoms with Crippen LogP contribution in [0.15, 0.2) is 4.99 Å². The van der Waals surface area contributed by atoms with Crippen molar-refractivity contribution in [3.63, 3.8) is 0 Å². The van der Waals surface area contributed by atoms with E-state index in [9.17, 15) is 9.46 Å². The van der Waals surface area contributed by atoms with Gasteiger partial charge in [-0.15, -0.1) is 0 Å². The van der Waals surface area contributed by atoms with E-state index < -0.39 is 12.8 Å². The van der Waals surface area contributed by atoms with Crippen LogP contribution in [0, 0.1) is 0 Å². The minimum Gasteiger partial charge on any atom is -0.329 e. The van der Waals surface area contributed by atoms with Crippen LogP contribution in [0.4, 0.5) is 0 Å². The molecule has 1 aliphatic heterocycles. The normalized spacial score (nSPS) is 30.7. The summed E-state index contributed by atoms with van der Waals surface area (Å²) in [6.07, 6.45) is -0.288. The third-order valence-corrected chi connectivity index (χ3v) is 6.04. The van der Waals surface area contributed by atoms with Gasteiger partial charge in [0.2, 0.25) is 5.96 Å². The van der Waals surface area contributed by atoms with Crippen LogP contribution in [-0.2, 0) is 4.57 Å². The second-order valence-electron chi connectivity index (χ2n) is 4.53. The Morgan fingerprint density at radius 3 is 2.12 bits per heavy atom. The van der Waals surface area contributed by atoms with Crippen molar-refractivity contribution in [1.82, 2.24) is 20.2 Å². The van der Waals surface area contributed by atoms with Crippen molar-refractivity contribution in [3.05, 3.63) is 0 Å². The van der Waals surface area contributed by atoms with E-state index in [1.54, 1.807) is 46.9 Å². The van der Waals surface area contributed by atoms with Crippen molar-refractivity contribution in [2.75, 3.05) is 28.2 Å². The fourth-order valence-corrected chi connectivity index (χ4v) is 3.35. The molecule has 0 spiro atoms. The molecule has 0 radical (unpaired) electrons. The predicted molar refractivity (Wildman–Crippen MR) is 68.8 cm³/mol. The smallest absolute Gasteiger partial charge is 0.320 e. The van der Waals surface area contributed by atoms with Gasteiger partial charge in [-0.25, -0.2) is 4.99 Å². The molecule has 0 saturated carbocycles. The van der Waals surface area contributed by atoms with Gasteiger partial charge in [0, 0.05) is 14.1 Å². The third kappa shape index (κ3) is 2.08. The standard InChI is InChI=1S/C9H22N5O2P/c1-9(2)13(5)8(12-7(10-3)11-4)14(6)17(9,15)16/h7,10-11H,1-6H3,(H,15,16)/b12-8+. The van der Waals surface area contributed by atoms with Gasteiger partial charge < -0.3 is 9.79 Å². The molecule has 1 saturated heterocycles. The Morgan fingerprint density at radius 1 is 1.35 bits per heavy atom. The second kappa shape index (κ2) is 4.57. The Hall–Kier alpha value is -0.620. The first-order chi connectivity index (χ1) is 7.70. The van der Waals surface area contributed by atoms with E-state index in [1.165, 1.54) is 4.67 Å². The average molecular weight is 263 g/mol. The topological polar surface area (TPSA) is 80.2 Å². The zero-order valence-corrected chi connectivity index (χ0v) is 12.1. The van der Waals surface area contributed by atoms with E-state index in [4.69, 9.17) is 0 Å². The van der Waals surface area contributed by atoms with Gasteiger partial charge in [-0.1, -0.05) is 0 Å². The van der Waals surface area contributed by atoms with Gasteiger partial charge in [-0.05, 0) is 27.9 Å².